The Labute approximate surface area is 148 Å². The highest BCUT2D eigenvalue weighted by Gasteiger charge is 2.31. The van der Waals surface area contributed by atoms with Crippen molar-refractivity contribution in [2.24, 2.45) is 0 Å². The summed E-state index contributed by atoms with van der Waals surface area (Å²) in [6.07, 6.45) is 0.731. The van der Waals surface area contributed by atoms with Gasteiger partial charge in [-0.2, -0.15) is 0 Å². The predicted octanol–water partition coefficient (Wildman–Crippen LogP) is 3.39. The van der Waals surface area contributed by atoms with E-state index in [4.69, 9.17) is 26.2 Å². The molecule has 1 aromatic heterocycles. The molecule has 2 heterocycles. The molecule has 0 bridgehead atoms. The molecule has 1 aliphatic rings. The van der Waals surface area contributed by atoms with Gasteiger partial charge in [-0.25, -0.2) is 14.6 Å². The maximum absolute atomic E-state index is 11.8. The van der Waals surface area contributed by atoms with Crippen molar-refractivity contribution in [3.05, 3.63) is 52.7 Å². The summed E-state index contributed by atoms with van der Waals surface area (Å²) in [7, 11) is 1.28. The van der Waals surface area contributed by atoms with E-state index in [1.807, 2.05) is 6.07 Å². The third-order valence-electron chi connectivity index (χ3n) is 3.94. The van der Waals surface area contributed by atoms with Gasteiger partial charge in [-0.15, -0.1) is 0 Å². The van der Waals surface area contributed by atoms with Crippen LogP contribution in [0.4, 0.5) is 4.79 Å². The van der Waals surface area contributed by atoms with Crippen molar-refractivity contribution in [2.45, 2.75) is 5.92 Å². The van der Waals surface area contributed by atoms with Gasteiger partial charge in [0.1, 0.15) is 11.3 Å². The highest BCUT2D eigenvalue weighted by atomic mass is 35.5. The largest absolute Gasteiger partial charge is 0.465 e. The number of methoxy groups -OCH3 is 1. The molecule has 0 spiro atoms. The molecule has 0 radical (unpaired) electrons. The molecule has 1 aromatic carbocycles. The maximum atomic E-state index is 11.8. The van der Waals surface area contributed by atoms with Crippen LogP contribution < -0.4 is 4.74 Å². The SMILES string of the molecule is COC(=O)c1cc(Cl)ccc1Oc1ccc(C2CN(C(=O)O)C2)cn1. The van der Waals surface area contributed by atoms with Crippen molar-refractivity contribution >= 4 is 23.7 Å². The van der Waals surface area contributed by atoms with E-state index >= 15 is 0 Å². The Morgan fingerprint density at radius 2 is 2.04 bits per heavy atom. The molecule has 25 heavy (non-hydrogen) atoms. The fourth-order valence-electron chi connectivity index (χ4n) is 2.51. The molecule has 1 N–H and O–H groups in total. The Kier molecular flexibility index (Phi) is 4.76. The van der Waals surface area contributed by atoms with Gasteiger partial charge >= 0.3 is 12.1 Å². The van der Waals surface area contributed by atoms with Gasteiger partial charge in [-0.05, 0) is 23.8 Å². The second-order valence-electron chi connectivity index (χ2n) is 5.55. The van der Waals surface area contributed by atoms with Crippen molar-refractivity contribution < 1.29 is 24.2 Å². The molecule has 0 atom stereocenters. The third-order valence-corrected chi connectivity index (χ3v) is 4.18. The number of hydrogen-bond donors (Lipinski definition) is 1. The van der Waals surface area contributed by atoms with E-state index in [9.17, 15) is 9.59 Å². The van der Waals surface area contributed by atoms with Crippen LogP contribution in [-0.4, -0.2) is 47.3 Å². The van der Waals surface area contributed by atoms with E-state index in [0.29, 0.717) is 24.0 Å². The van der Waals surface area contributed by atoms with Crippen molar-refractivity contribution in [3.63, 3.8) is 0 Å². The molecule has 1 fully saturated rings. The van der Waals surface area contributed by atoms with Crippen LogP contribution in [-0.2, 0) is 4.74 Å². The fourth-order valence-corrected chi connectivity index (χ4v) is 2.68. The van der Waals surface area contributed by atoms with E-state index in [1.165, 1.54) is 18.1 Å². The summed E-state index contributed by atoms with van der Waals surface area (Å²) in [6, 6.07) is 8.15. The minimum absolute atomic E-state index is 0.138. The topological polar surface area (TPSA) is 89.0 Å². The summed E-state index contributed by atoms with van der Waals surface area (Å²) < 4.78 is 10.4. The van der Waals surface area contributed by atoms with Gasteiger partial charge in [0.25, 0.3) is 0 Å². The molecular weight excluding hydrogens is 348 g/mol. The van der Waals surface area contributed by atoms with Crippen LogP contribution in [0.1, 0.15) is 21.8 Å². The van der Waals surface area contributed by atoms with E-state index in [1.54, 1.807) is 24.4 Å². The number of benzene rings is 1. The first-order valence-electron chi connectivity index (χ1n) is 7.47. The van der Waals surface area contributed by atoms with Gasteiger partial charge in [0.15, 0.2) is 0 Å². The number of ether oxygens (including phenoxy) is 2. The first-order chi connectivity index (χ1) is 12.0. The first kappa shape index (κ1) is 17.0. The monoisotopic (exact) mass is 362 g/mol. The van der Waals surface area contributed by atoms with E-state index in [2.05, 4.69) is 4.98 Å². The number of pyridine rings is 1. The van der Waals surface area contributed by atoms with Gasteiger partial charge in [0.05, 0.1) is 7.11 Å². The Morgan fingerprint density at radius 3 is 2.64 bits per heavy atom. The number of amides is 1. The van der Waals surface area contributed by atoms with Gasteiger partial charge in [-0.1, -0.05) is 17.7 Å². The minimum Gasteiger partial charge on any atom is -0.465 e. The number of carbonyl (C=O) groups is 2. The van der Waals surface area contributed by atoms with Crippen molar-refractivity contribution in [2.75, 3.05) is 20.2 Å². The molecule has 1 saturated heterocycles. The number of likely N-dealkylation sites (tertiary alicyclic amines) is 1. The lowest BCUT2D eigenvalue weighted by Gasteiger charge is -2.37. The summed E-state index contributed by atoms with van der Waals surface area (Å²) in [5, 5.41) is 9.25. The summed E-state index contributed by atoms with van der Waals surface area (Å²) >= 11 is 5.91. The minimum atomic E-state index is -0.915. The van der Waals surface area contributed by atoms with Crippen LogP contribution >= 0.6 is 11.6 Å². The average molecular weight is 363 g/mol. The lowest BCUT2D eigenvalue weighted by molar-refractivity contribution is 0.0597. The van der Waals surface area contributed by atoms with Gasteiger partial charge in [-0.3, -0.25) is 0 Å². The van der Waals surface area contributed by atoms with Gasteiger partial charge in [0, 0.05) is 36.3 Å². The molecule has 8 heteroatoms. The van der Waals surface area contributed by atoms with Crippen LogP contribution in [0.2, 0.25) is 5.02 Å². The van der Waals surface area contributed by atoms with E-state index < -0.39 is 12.1 Å². The molecular formula is C17H15ClN2O5. The van der Waals surface area contributed by atoms with Crippen molar-refractivity contribution in [1.29, 1.82) is 0 Å². The molecule has 0 aliphatic carbocycles. The second-order valence-corrected chi connectivity index (χ2v) is 5.98. The molecule has 0 unspecified atom stereocenters. The van der Waals surface area contributed by atoms with Crippen LogP contribution in [0.25, 0.3) is 0 Å². The molecule has 3 rings (SSSR count). The highest BCUT2D eigenvalue weighted by molar-refractivity contribution is 6.31. The average Bonchev–Trinajstić information content (AvgIpc) is 2.55. The van der Waals surface area contributed by atoms with Crippen LogP contribution in [0, 0.1) is 0 Å². The Hall–Kier alpha value is -2.80. The molecule has 1 aliphatic heterocycles. The third kappa shape index (κ3) is 3.66. The van der Waals surface area contributed by atoms with Gasteiger partial charge in [0.2, 0.25) is 5.88 Å². The van der Waals surface area contributed by atoms with Crippen molar-refractivity contribution in [1.82, 2.24) is 9.88 Å². The Morgan fingerprint density at radius 1 is 1.28 bits per heavy atom. The lowest BCUT2D eigenvalue weighted by atomic mass is 9.93. The maximum Gasteiger partial charge on any atom is 0.407 e. The summed E-state index contributed by atoms with van der Waals surface area (Å²) in [5.41, 5.74) is 1.14. The van der Waals surface area contributed by atoms with Crippen LogP contribution in [0.15, 0.2) is 36.5 Å². The normalized spacial score (nSPS) is 13.9. The number of esters is 1. The summed E-state index contributed by atoms with van der Waals surface area (Å²) in [6.45, 7) is 0.918. The number of carboxylic acid groups (broad SMARTS) is 1. The highest BCUT2D eigenvalue weighted by Crippen LogP contribution is 2.30. The first-order valence-corrected chi connectivity index (χ1v) is 7.85. The number of aromatic nitrogens is 1. The Balaban J connectivity index is 1.72. The zero-order valence-corrected chi connectivity index (χ0v) is 14.1. The predicted molar refractivity (Wildman–Crippen MR) is 89.4 cm³/mol. The number of hydrogen-bond acceptors (Lipinski definition) is 5. The molecule has 130 valence electrons. The quantitative estimate of drug-likeness (QED) is 0.838. The number of halogens is 1. The van der Waals surface area contributed by atoms with Gasteiger partial charge < -0.3 is 19.5 Å². The van der Waals surface area contributed by atoms with E-state index in [0.717, 1.165) is 5.56 Å². The van der Waals surface area contributed by atoms with E-state index in [-0.39, 0.29) is 17.2 Å². The second kappa shape index (κ2) is 6.98. The zero-order chi connectivity index (χ0) is 18.0. The fraction of sp³-hybridized carbons (Fsp3) is 0.235. The standard InChI is InChI=1S/C17H15ClN2O5/c1-24-16(21)13-6-12(18)3-4-14(13)25-15-5-2-10(7-19-15)11-8-20(9-11)17(22)23/h2-7,11H,8-9H2,1H3,(H,22,23). The summed E-state index contributed by atoms with van der Waals surface area (Å²) in [4.78, 5) is 28.2. The van der Waals surface area contributed by atoms with Crippen LogP contribution in [0.5, 0.6) is 11.6 Å². The zero-order valence-electron chi connectivity index (χ0n) is 13.3. The van der Waals surface area contributed by atoms with Crippen LogP contribution in [0.3, 0.4) is 0 Å². The molecule has 7 nitrogen and oxygen atoms in total. The molecule has 2 aromatic rings. The Bertz CT molecular complexity index is 803. The van der Waals surface area contributed by atoms with Crippen molar-refractivity contribution in [3.8, 4) is 11.6 Å². The summed E-state index contributed by atoms with van der Waals surface area (Å²) in [5.74, 6) is 0.180. The number of nitrogens with zero attached hydrogens (tertiary/aromatic N) is 2. The smallest absolute Gasteiger partial charge is 0.407 e. The number of rotatable bonds is 4. The molecule has 0 saturated carbocycles. The lowest BCUT2D eigenvalue weighted by Crippen LogP contribution is -2.47. The molecule has 1 amide bonds. The number of carbonyl (C=O) groups excluding carboxylic acids is 1.